The minimum atomic E-state index is -0.403. The third-order valence-electron chi connectivity index (χ3n) is 5.35. The van der Waals surface area contributed by atoms with Gasteiger partial charge < -0.3 is 19.4 Å². The minimum Gasteiger partial charge on any atom is -0.453 e. The monoisotopic (exact) mass is 347 g/mol. The highest BCUT2D eigenvalue weighted by Crippen LogP contribution is 2.36. The van der Waals surface area contributed by atoms with Crippen LogP contribution in [0, 0.1) is 5.92 Å². The molecule has 6 heteroatoms. The molecule has 2 rings (SSSR count). The lowest BCUT2D eigenvalue weighted by Gasteiger charge is -2.32. The molecule has 1 aliphatic rings. The van der Waals surface area contributed by atoms with Crippen LogP contribution in [0.4, 0.5) is 4.79 Å². The molecule has 5 nitrogen and oxygen atoms in total. The van der Waals surface area contributed by atoms with E-state index in [1.807, 2.05) is 12.1 Å². The number of rotatable bonds is 5. The fourth-order valence-corrected chi connectivity index (χ4v) is 2.88. The molecule has 0 saturated carbocycles. The van der Waals surface area contributed by atoms with Crippen molar-refractivity contribution >= 4 is 18.7 Å². The largest absolute Gasteiger partial charge is 0.494 e. The molecule has 0 aliphatic carbocycles. The van der Waals surface area contributed by atoms with Crippen LogP contribution < -0.4 is 10.8 Å². The van der Waals surface area contributed by atoms with Gasteiger partial charge in [-0.05, 0) is 44.6 Å². The van der Waals surface area contributed by atoms with Crippen LogP contribution in [0.15, 0.2) is 24.3 Å². The summed E-state index contributed by atoms with van der Waals surface area (Å²) in [6.07, 6.45) is -0.403. The van der Waals surface area contributed by atoms with Gasteiger partial charge in [0.1, 0.15) is 0 Å². The molecule has 0 radical (unpaired) electrons. The number of alkyl carbamates (subject to hydrolysis) is 1. The fourth-order valence-electron chi connectivity index (χ4n) is 2.88. The van der Waals surface area contributed by atoms with Gasteiger partial charge in [0.15, 0.2) is 0 Å². The molecule has 1 fully saturated rings. The molecule has 1 aromatic carbocycles. The zero-order valence-corrected chi connectivity index (χ0v) is 16.4. The summed E-state index contributed by atoms with van der Waals surface area (Å²) >= 11 is 0. The van der Waals surface area contributed by atoms with Gasteiger partial charge in [-0.25, -0.2) is 4.79 Å². The van der Waals surface area contributed by atoms with E-state index in [-0.39, 0.29) is 24.2 Å². The Morgan fingerprint density at radius 1 is 1.12 bits per heavy atom. The number of hydrogen-bond acceptors (Lipinski definition) is 4. The van der Waals surface area contributed by atoms with Crippen molar-refractivity contribution in [3.63, 3.8) is 0 Å². The van der Waals surface area contributed by atoms with Crippen LogP contribution in [0.1, 0.15) is 53.0 Å². The first kappa shape index (κ1) is 19.8. The van der Waals surface area contributed by atoms with E-state index in [9.17, 15) is 4.79 Å². The van der Waals surface area contributed by atoms with E-state index < -0.39 is 6.09 Å². The highest BCUT2D eigenvalue weighted by atomic mass is 16.7. The van der Waals surface area contributed by atoms with Crippen LogP contribution in [0.2, 0.25) is 0 Å². The number of hydrogen-bond donors (Lipinski definition) is 1. The van der Waals surface area contributed by atoms with Crippen molar-refractivity contribution in [3.8, 4) is 0 Å². The van der Waals surface area contributed by atoms with E-state index in [4.69, 9.17) is 9.31 Å². The summed E-state index contributed by atoms with van der Waals surface area (Å²) in [6.45, 7) is 13.0. The number of ether oxygens (including phenoxy) is 1. The third-order valence-corrected chi connectivity index (χ3v) is 5.35. The molecule has 25 heavy (non-hydrogen) atoms. The van der Waals surface area contributed by atoms with E-state index in [2.05, 4.69) is 63.7 Å². The molecule has 1 N–H and O–H groups in total. The second-order valence-electron chi connectivity index (χ2n) is 7.98. The molecule has 1 aromatic rings. The van der Waals surface area contributed by atoms with Gasteiger partial charge in [-0.15, -0.1) is 0 Å². The summed E-state index contributed by atoms with van der Waals surface area (Å²) in [7, 11) is 1.02. The van der Waals surface area contributed by atoms with E-state index >= 15 is 0 Å². The van der Waals surface area contributed by atoms with Crippen molar-refractivity contribution < 1.29 is 18.8 Å². The van der Waals surface area contributed by atoms with Crippen LogP contribution in [0.3, 0.4) is 0 Å². The number of methoxy groups -OCH3 is 1. The maximum Gasteiger partial charge on any atom is 0.494 e. The predicted octanol–water partition coefficient (Wildman–Crippen LogP) is 3.08. The smallest absolute Gasteiger partial charge is 0.453 e. The highest BCUT2D eigenvalue weighted by Gasteiger charge is 2.51. The van der Waals surface area contributed by atoms with Crippen LogP contribution >= 0.6 is 0 Å². The summed E-state index contributed by atoms with van der Waals surface area (Å²) in [5.41, 5.74) is 1.49. The van der Waals surface area contributed by atoms with Crippen molar-refractivity contribution in [2.45, 2.75) is 58.7 Å². The first-order valence-electron chi connectivity index (χ1n) is 8.84. The first-order valence-corrected chi connectivity index (χ1v) is 8.84. The quantitative estimate of drug-likeness (QED) is 0.832. The van der Waals surface area contributed by atoms with Crippen LogP contribution in [-0.4, -0.2) is 38.1 Å². The molecule has 1 amide bonds. The Kier molecular flexibility index (Phi) is 5.84. The van der Waals surface area contributed by atoms with Crippen molar-refractivity contribution in [2.75, 3.05) is 13.7 Å². The maximum atomic E-state index is 11.4. The highest BCUT2D eigenvalue weighted by molar-refractivity contribution is 6.62. The number of amides is 1. The van der Waals surface area contributed by atoms with E-state index in [0.29, 0.717) is 12.5 Å². The predicted molar refractivity (Wildman–Crippen MR) is 100 cm³/mol. The lowest BCUT2D eigenvalue weighted by Crippen LogP contribution is -2.41. The average Bonchev–Trinajstić information content (AvgIpc) is 2.75. The molecule has 1 heterocycles. The van der Waals surface area contributed by atoms with Crippen LogP contribution in [0.25, 0.3) is 0 Å². The Morgan fingerprint density at radius 2 is 1.64 bits per heavy atom. The zero-order valence-electron chi connectivity index (χ0n) is 16.4. The van der Waals surface area contributed by atoms with Gasteiger partial charge >= 0.3 is 13.2 Å². The lowest BCUT2D eigenvalue weighted by molar-refractivity contribution is 0.00578. The molecule has 1 aliphatic heterocycles. The Morgan fingerprint density at radius 3 is 2.08 bits per heavy atom. The number of nitrogens with one attached hydrogen (secondary N) is 1. The average molecular weight is 347 g/mol. The molecule has 1 atom stereocenters. The molecule has 138 valence electrons. The number of benzene rings is 1. The van der Waals surface area contributed by atoms with Gasteiger partial charge in [0.2, 0.25) is 0 Å². The number of carbonyl (C=O) groups excluding carboxylic acids is 1. The summed E-state index contributed by atoms with van der Waals surface area (Å²) in [5, 5.41) is 2.79. The van der Waals surface area contributed by atoms with E-state index in [0.717, 1.165) is 5.46 Å². The first-order chi connectivity index (χ1) is 11.6. The van der Waals surface area contributed by atoms with Gasteiger partial charge in [-0.1, -0.05) is 38.1 Å². The van der Waals surface area contributed by atoms with Crippen molar-refractivity contribution in [1.82, 2.24) is 5.32 Å². The summed E-state index contributed by atoms with van der Waals surface area (Å²) < 4.78 is 16.9. The van der Waals surface area contributed by atoms with Gasteiger partial charge in [0.05, 0.1) is 18.3 Å². The molecular formula is C19H30BNO4. The minimum absolute atomic E-state index is 0.214. The summed E-state index contributed by atoms with van der Waals surface area (Å²) in [5.74, 6) is 0.603. The van der Waals surface area contributed by atoms with Crippen molar-refractivity contribution in [3.05, 3.63) is 29.8 Å². The molecule has 0 aromatic heterocycles. The second kappa shape index (κ2) is 7.38. The number of carbonyl (C=O) groups is 1. The standard InChI is InChI=1S/C19H30BNO4/c1-13(2)16(12-21-17(22)23-7)14-8-10-15(11-9-14)20-24-18(3,4)19(5,6)25-20/h8-11,13,16H,12H2,1-7H3,(H,21,22). The van der Waals surface area contributed by atoms with Gasteiger partial charge in [-0.3, -0.25) is 0 Å². The SMILES string of the molecule is COC(=O)NCC(c1ccc(B2OC(C)(C)C(C)(C)O2)cc1)C(C)C. The Hall–Kier alpha value is -1.53. The van der Waals surface area contributed by atoms with Crippen LogP contribution in [0.5, 0.6) is 0 Å². The van der Waals surface area contributed by atoms with Gasteiger partial charge in [-0.2, -0.15) is 0 Å². The van der Waals surface area contributed by atoms with Gasteiger partial charge in [0.25, 0.3) is 0 Å². The Balaban J connectivity index is 2.11. The molecule has 1 unspecified atom stereocenters. The molecule has 0 spiro atoms. The van der Waals surface area contributed by atoms with Crippen molar-refractivity contribution in [2.24, 2.45) is 5.92 Å². The van der Waals surface area contributed by atoms with E-state index in [1.54, 1.807) is 0 Å². The topological polar surface area (TPSA) is 56.8 Å². The summed E-state index contributed by atoms with van der Waals surface area (Å²) in [4.78, 5) is 11.4. The Bertz CT molecular complexity index is 582. The third kappa shape index (κ3) is 4.36. The fraction of sp³-hybridized carbons (Fsp3) is 0.632. The maximum absolute atomic E-state index is 11.4. The lowest BCUT2D eigenvalue weighted by atomic mass is 9.77. The molecule has 0 bridgehead atoms. The van der Waals surface area contributed by atoms with Gasteiger partial charge in [0, 0.05) is 12.5 Å². The second-order valence-corrected chi connectivity index (χ2v) is 7.98. The van der Waals surface area contributed by atoms with Crippen LogP contribution in [-0.2, 0) is 14.0 Å². The normalized spacial score (nSPS) is 19.8. The molecule has 1 saturated heterocycles. The Labute approximate surface area is 151 Å². The zero-order chi connectivity index (χ0) is 18.8. The van der Waals surface area contributed by atoms with Crippen molar-refractivity contribution in [1.29, 1.82) is 0 Å². The molecular weight excluding hydrogens is 317 g/mol. The van der Waals surface area contributed by atoms with E-state index in [1.165, 1.54) is 12.7 Å². The summed E-state index contributed by atoms with van der Waals surface area (Å²) in [6, 6.07) is 8.27.